The minimum atomic E-state index is -3.79. The predicted molar refractivity (Wildman–Crippen MR) is 110 cm³/mol. The van der Waals surface area contributed by atoms with Crippen molar-refractivity contribution in [2.45, 2.75) is 4.90 Å². The van der Waals surface area contributed by atoms with Crippen LogP contribution in [0.25, 0.3) is 6.08 Å². The number of nitro groups is 1. The van der Waals surface area contributed by atoms with Crippen molar-refractivity contribution in [2.24, 2.45) is 0 Å². The number of benzene rings is 2. The molecule has 2 aliphatic heterocycles. The molecule has 1 fully saturated rings. The zero-order valence-corrected chi connectivity index (χ0v) is 17.5. The Hall–Kier alpha value is -3.51. The summed E-state index contributed by atoms with van der Waals surface area (Å²) in [5, 5.41) is 11.3. The van der Waals surface area contributed by atoms with Gasteiger partial charge in [-0.2, -0.15) is 4.31 Å². The smallest absolute Gasteiger partial charge is 0.280 e. The molecule has 0 saturated carbocycles. The van der Waals surface area contributed by atoms with Gasteiger partial charge in [0.15, 0.2) is 11.5 Å². The van der Waals surface area contributed by atoms with E-state index in [4.69, 9.17) is 9.47 Å². The normalized spacial score (nSPS) is 16.5. The number of hydrogen-bond acceptors (Lipinski definition) is 7. The highest BCUT2D eigenvalue weighted by atomic mass is 32.2. The zero-order valence-electron chi connectivity index (χ0n) is 16.6. The lowest BCUT2D eigenvalue weighted by atomic mass is 10.1. The molecule has 0 aliphatic carbocycles. The van der Waals surface area contributed by atoms with Crippen molar-refractivity contribution < 1.29 is 32.0 Å². The molecule has 2 aromatic carbocycles. The minimum Gasteiger partial charge on any atom is -0.454 e. The third kappa shape index (κ3) is 4.27. The molecular formula is C20H18FN3O7S. The zero-order chi connectivity index (χ0) is 22.9. The molecule has 32 heavy (non-hydrogen) atoms. The number of nitro benzene ring substituents is 1. The molecule has 0 bridgehead atoms. The third-order valence-corrected chi connectivity index (χ3v) is 7.04. The third-order valence-electron chi connectivity index (χ3n) is 5.13. The van der Waals surface area contributed by atoms with Gasteiger partial charge in [0.25, 0.3) is 5.69 Å². The number of rotatable bonds is 5. The fourth-order valence-electron chi connectivity index (χ4n) is 3.41. The highest BCUT2D eigenvalue weighted by Gasteiger charge is 2.30. The van der Waals surface area contributed by atoms with Crippen molar-refractivity contribution in [3.63, 3.8) is 0 Å². The topological polar surface area (TPSA) is 119 Å². The summed E-state index contributed by atoms with van der Waals surface area (Å²) < 4.78 is 50.0. The molecule has 0 radical (unpaired) electrons. The average molecular weight is 463 g/mol. The highest BCUT2D eigenvalue weighted by Crippen LogP contribution is 2.38. The van der Waals surface area contributed by atoms with Gasteiger partial charge in [-0.05, 0) is 36.4 Å². The maximum atomic E-state index is 13.1. The Morgan fingerprint density at radius 1 is 1.06 bits per heavy atom. The molecule has 2 aromatic rings. The first kappa shape index (κ1) is 21.7. The number of fused-ring (bicyclic) bond motifs is 1. The number of ether oxygens (including phenoxy) is 2. The molecule has 0 N–H and O–H groups in total. The van der Waals surface area contributed by atoms with E-state index < -0.39 is 26.7 Å². The first-order valence-corrected chi connectivity index (χ1v) is 11.0. The van der Waals surface area contributed by atoms with Crippen molar-refractivity contribution in [3.05, 3.63) is 64.0 Å². The molecule has 168 valence electrons. The number of piperazine rings is 1. The number of carbonyl (C=O) groups excluding carboxylic acids is 1. The fourth-order valence-corrected chi connectivity index (χ4v) is 4.83. The van der Waals surface area contributed by atoms with Crippen LogP contribution in [0.5, 0.6) is 11.5 Å². The number of amides is 1. The second-order valence-corrected chi connectivity index (χ2v) is 8.98. The first-order chi connectivity index (χ1) is 15.3. The average Bonchev–Trinajstić information content (AvgIpc) is 3.24. The monoisotopic (exact) mass is 463 g/mol. The first-order valence-electron chi connectivity index (χ1n) is 9.56. The van der Waals surface area contributed by atoms with Gasteiger partial charge in [0, 0.05) is 32.3 Å². The highest BCUT2D eigenvalue weighted by molar-refractivity contribution is 7.89. The quantitative estimate of drug-likeness (QED) is 0.378. The molecule has 2 aliphatic rings. The van der Waals surface area contributed by atoms with Crippen molar-refractivity contribution >= 4 is 27.7 Å². The van der Waals surface area contributed by atoms with Crippen molar-refractivity contribution in [1.82, 2.24) is 9.21 Å². The largest absolute Gasteiger partial charge is 0.454 e. The van der Waals surface area contributed by atoms with Crippen LogP contribution in [0, 0.1) is 15.9 Å². The van der Waals surface area contributed by atoms with E-state index in [0.29, 0.717) is 5.75 Å². The van der Waals surface area contributed by atoms with Gasteiger partial charge in [0.05, 0.1) is 21.4 Å². The number of halogens is 1. The lowest BCUT2D eigenvalue weighted by molar-refractivity contribution is -0.385. The molecule has 0 unspecified atom stereocenters. The predicted octanol–water partition coefficient (Wildman–Crippen LogP) is 2.01. The number of nitrogens with zero attached hydrogens (tertiary/aromatic N) is 3. The Bertz CT molecular complexity index is 1190. The van der Waals surface area contributed by atoms with Crippen LogP contribution in [0.4, 0.5) is 10.1 Å². The van der Waals surface area contributed by atoms with Crippen LogP contribution in [-0.4, -0.2) is 61.4 Å². The summed E-state index contributed by atoms with van der Waals surface area (Å²) in [6, 6.07) is 7.22. The van der Waals surface area contributed by atoms with Crippen molar-refractivity contribution in [2.75, 3.05) is 33.0 Å². The molecular weight excluding hydrogens is 445 g/mol. The lowest BCUT2D eigenvalue weighted by Crippen LogP contribution is -2.50. The maximum Gasteiger partial charge on any atom is 0.280 e. The van der Waals surface area contributed by atoms with Gasteiger partial charge in [-0.1, -0.05) is 0 Å². The summed E-state index contributed by atoms with van der Waals surface area (Å²) >= 11 is 0. The van der Waals surface area contributed by atoms with Gasteiger partial charge in [0.1, 0.15) is 5.82 Å². The van der Waals surface area contributed by atoms with E-state index in [-0.39, 0.29) is 54.9 Å². The summed E-state index contributed by atoms with van der Waals surface area (Å²) in [5.41, 5.74) is -0.0429. The Balaban J connectivity index is 1.43. The summed E-state index contributed by atoms with van der Waals surface area (Å²) in [6.45, 7) is 0.399. The van der Waals surface area contributed by atoms with E-state index in [1.807, 2.05) is 0 Å². The summed E-state index contributed by atoms with van der Waals surface area (Å²) in [6.07, 6.45) is 2.53. The molecule has 0 atom stereocenters. The van der Waals surface area contributed by atoms with Gasteiger partial charge in [-0.15, -0.1) is 0 Å². The van der Waals surface area contributed by atoms with Crippen LogP contribution in [-0.2, 0) is 14.8 Å². The van der Waals surface area contributed by atoms with E-state index in [0.717, 1.165) is 12.1 Å². The van der Waals surface area contributed by atoms with Gasteiger partial charge in [-0.3, -0.25) is 14.9 Å². The molecule has 0 aromatic heterocycles. The molecule has 2 heterocycles. The van der Waals surface area contributed by atoms with E-state index in [9.17, 15) is 27.7 Å². The Morgan fingerprint density at radius 2 is 1.69 bits per heavy atom. The van der Waals surface area contributed by atoms with Crippen LogP contribution in [0.2, 0.25) is 0 Å². The van der Waals surface area contributed by atoms with Gasteiger partial charge in [0.2, 0.25) is 22.7 Å². The molecule has 1 amide bonds. The molecule has 4 rings (SSSR count). The van der Waals surface area contributed by atoms with Crippen LogP contribution in [0.3, 0.4) is 0 Å². The lowest BCUT2D eigenvalue weighted by Gasteiger charge is -2.33. The number of carbonyl (C=O) groups is 1. The van der Waals surface area contributed by atoms with Crippen molar-refractivity contribution in [1.29, 1.82) is 0 Å². The summed E-state index contributed by atoms with van der Waals surface area (Å²) in [7, 11) is -3.79. The standard InChI is InChI=1S/C20H18FN3O7S/c21-15-2-4-16(5-3-15)32(28,29)23-9-7-22(8-10-23)20(25)6-1-14-11-18-19(31-13-30-18)12-17(14)24(26)27/h1-6,11-12H,7-10,13H2/b6-1+. The van der Waals surface area contributed by atoms with Crippen LogP contribution in [0.15, 0.2) is 47.4 Å². The number of hydrogen-bond donors (Lipinski definition) is 0. The fraction of sp³-hybridized carbons (Fsp3) is 0.250. The van der Waals surface area contributed by atoms with E-state index >= 15 is 0 Å². The second-order valence-electron chi connectivity index (χ2n) is 7.04. The second kappa shape index (κ2) is 8.55. The molecule has 1 saturated heterocycles. The van der Waals surface area contributed by atoms with Gasteiger partial charge in [-0.25, -0.2) is 12.8 Å². The molecule has 12 heteroatoms. The van der Waals surface area contributed by atoms with Gasteiger partial charge >= 0.3 is 0 Å². The number of sulfonamides is 1. The Labute approximate surface area is 182 Å². The Kier molecular flexibility index (Phi) is 5.80. The van der Waals surface area contributed by atoms with Gasteiger partial charge < -0.3 is 14.4 Å². The van der Waals surface area contributed by atoms with Crippen LogP contribution >= 0.6 is 0 Å². The van der Waals surface area contributed by atoms with E-state index in [1.54, 1.807) is 0 Å². The van der Waals surface area contributed by atoms with E-state index in [2.05, 4.69) is 0 Å². The Morgan fingerprint density at radius 3 is 2.31 bits per heavy atom. The van der Waals surface area contributed by atoms with E-state index in [1.165, 1.54) is 45.6 Å². The van der Waals surface area contributed by atoms with Crippen LogP contribution in [0.1, 0.15) is 5.56 Å². The maximum absolute atomic E-state index is 13.1. The van der Waals surface area contributed by atoms with Crippen LogP contribution < -0.4 is 9.47 Å². The van der Waals surface area contributed by atoms with Crippen molar-refractivity contribution in [3.8, 4) is 11.5 Å². The molecule has 10 nitrogen and oxygen atoms in total. The minimum absolute atomic E-state index is 0.0197. The molecule has 0 spiro atoms. The summed E-state index contributed by atoms with van der Waals surface area (Å²) in [4.78, 5) is 24.7. The SMILES string of the molecule is O=C(/C=C/c1cc2c(cc1[N+](=O)[O-])OCO2)N1CCN(S(=O)(=O)c2ccc(F)cc2)CC1. The summed E-state index contributed by atoms with van der Waals surface area (Å²) in [5.74, 6) is -0.328.